The number of nitrogens with one attached hydrogen (secondary N) is 1. The molecule has 0 bridgehead atoms. The highest BCUT2D eigenvalue weighted by Crippen LogP contribution is 2.41. The number of benzene rings is 1. The van der Waals surface area contributed by atoms with Crippen molar-refractivity contribution in [3.05, 3.63) is 47.4 Å². The summed E-state index contributed by atoms with van der Waals surface area (Å²) in [5.41, 5.74) is 1.30. The number of nitrogens with zero attached hydrogens (tertiary/aromatic N) is 5. The molecule has 3 aromatic rings. The van der Waals surface area contributed by atoms with Gasteiger partial charge in [-0.2, -0.15) is 23.4 Å². The molecule has 29 heavy (non-hydrogen) atoms. The number of likely N-dealkylation sites (N-methyl/N-ethyl adjacent to an activating group) is 1. The monoisotopic (exact) mass is 404 g/mol. The number of carbonyl (C=O) groups is 1. The molecule has 2 heterocycles. The van der Waals surface area contributed by atoms with Gasteiger partial charge in [-0.15, -0.1) is 0 Å². The maximum absolute atomic E-state index is 12.9. The fourth-order valence-electron chi connectivity index (χ4n) is 3.15. The lowest BCUT2D eigenvalue weighted by atomic mass is 10.2. The first-order chi connectivity index (χ1) is 13.8. The molecule has 1 N–H and O–H groups in total. The standard InChI is InChI=1S/C19H19F3N6O/c1-23-17(29)10-16-24-18(14-9-15(11-3-4-11)27(2)25-14)28(26-16)13-7-5-12(6-8-13)19(20,21)22/h5-9,11H,3-4,10H2,1-2H3,(H,23,29). The molecule has 4 rings (SSSR count). The Kier molecular flexibility index (Phi) is 4.64. The molecular formula is C19H19F3N6O. The number of hydrogen-bond donors (Lipinski definition) is 1. The zero-order valence-electron chi connectivity index (χ0n) is 15.9. The average Bonchev–Trinajstić information content (AvgIpc) is 3.32. The molecule has 0 radical (unpaired) electrons. The molecule has 0 spiro atoms. The minimum atomic E-state index is -4.42. The molecule has 0 saturated heterocycles. The Morgan fingerprint density at radius 2 is 1.90 bits per heavy atom. The van der Waals surface area contributed by atoms with E-state index in [-0.39, 0.29) is 18.2 Å². The fourth-order valence-corrected chi connectivity index (χ4v) is 3.15. The molecule has 1 aromatic carbocycles. The molecular weight excluding hydrogens is 385 g/mol. The van der Waals surface area contributed by atoms with E-state index in [9.17, 15) is 18.0 Å². The van der Waals surface area contributed by atoms with Gasteiger partial charge in [-0.25, -0.2) is 9.67 Å². The molecule has 0 atom stereocenters. The van der Waals surface area contributed by atoms with Gasteiger partial charge in [0.1, 0.15) is 5.69 Å². The lowest BCUT2D eigenvalue weighted by Gasteiger charge is -2.08. The number of rotatable bonds is 5. The Bertz CT molecular complexity index is 1050. The van der Waals surface area contributed by atoms with Crippen LogP contribution in [-0.2, 0) is 24.4 Å². The Balaban J connectivity index is 1.77. The maximum atomic E-state index is 12.9. The Morgan fingerprint density at radius 1 is 1.21 bits per heavy atom. The highest BCUT2D eigenvalue weighted by atomic mass is 19.4. The lowest BCUT2D eigenvalue weighted by molar-refractivity contribution is -0.137. The first-order valence-corrected chi connectivity index (χ1v) is 9.14. The summed E-state index contributed by atoms with van der Waals surface area (Å²) >= 11 is 0. The summed E-state index contributed by atoms with van der Waals surface area (Å²) in [7, 11) is 3.36. The van der Waals surface area contributed by atoms with E-state index < -0.39 is 11.7 Å². The van der Waals surface area contributed by atoms with E-state index in [2.05, 4.69) is 20.5 Å². The third-order valence-corrected chi connectivity index (χ3v) is 4.83. The summed E-state index contributed by atoms with van der Waals surface area (Å²) in [6, 6.07) is 6.57. The third kappa shape index (κ3) is 3.87. The minimum Gasteiger partial charge on any atom is -0.359 e. The predicted molar refractivity (Wildman–Crippen MR) is 98.3 cm³/mol. The summed E-state index contributed by atoms with van der Waals surface area (Å²) in [5, 5.41) is 11.4. The van der Waals surface area contributed by atoms with E-state index in [0.29, 0.717) is 23.1 Å². The Labute approximate surface area is 164 Å². The lowest BCUT2D eigenvalue weighted by Crippen LogP contribution is -2.20. The largest absolute Gasteiger partial charge is 0.416 e. The SMILES string of the molecule is CNC(=O)Cc1nc(-c2cc(C3CC3)n(C)n2)n(-c2ccc(C(F)(F)F)cc2)n1. The molecule has 1 aliphatic carbocycles. The molecule has 0 aliphatic heterocycles. The molecule has 1 saturated carbocycles. The quantitative estimate of drug-likeness (QED) is 0.710. The van der Waals surface area contributed by atoms with Gasteiger partial charge in [0.2, 0.25) is 5.91 Å². The van der Waals surface area contributed by atoms with Crippen LogP contribution < -0.4 is 5.32 Å². The first-order valence-electron chi connectivity index (χ1n) is 9.14. The second-order valence-electron chi connectivity index (χ2n) is 7.01. The van der Waals surface area contributed by atoms with Gasteiger partial charge in [-0.3, -0.25) is 9.48 Å². The van der Waals surface area contributed by atoms with E-state index in [4.69, 9.17) is 0 Å². The predicted octanol–water partition coefficient (Wildman–Crippen LogP) is 2.85. The van der Waals surface area contributed by atoms with Crippen molar-refractivity contribution in [2.45, 2.75) is 31.4 Å². The smallest absolute Gasteiger partial charge is 0.359 e. The van der Waals surface area contributed by atoms with E-state index in [1.54, 1.807) is 4.68 Å². The second-order valence-corrected chi connectivity index (χ2v) is 7.01. The van der Waals surface area contributed by atoms with Crippen LogP contribution in [0.15, 0.2) is 30.3 Å². The molecule has 1 fully saturated rings. The van der Waals surface area contributed by atoms with Crippen LogP contribution in [0.1, 0.15) is 35.8 Å². The van der Waals surface area contributed by atoms with Crippen LogP contribution >= 0.6 is 0 Å². The Hall–Kier alpha value is -3.17. The zero-order chi connectivity index (χ0) is 20.8. The molecule has 10 heteroatoms. The maximum Gasteiger partial charge on any atom is 0.416 e. The Morgan fingerprint density at radius 3 is 2.48 bits per heavy atom. The van der Waals surface area contributed by atoms with Crippen molar-refractivity contribution in [1.29, 1.82) is 0 Å². The van der Waals surface area contributed by atoms with Gasteiger partial charge in [0.05, 0.1) is 17.7 Å². The fraction of sp³-hybridized carbons (Fsp3) is 0.368. The summed E-state index contributed by atoms with van der Waals surface area (Å²) < 4.78 is 41.9. The van der Waals surface area contributed by atoms with Crippen LogP contribution in [0, 0.1) is 0 Å². The van der Waals surface area contributed by atoms with Crippen LogP contribution in [0.5, 0.6) is 0 Å². The van der Waals surface area contributed by atoms with Crippen LogP contribution in [0.2, 0.25) is 0 Å². The minimum absolute atomic E-state index is 0.0422. The van der Waals surface area contributed by atoms with Gasteiger partial charge in [-0.1, -0.05) is 0 Å². The molecule has 1 aliphatic rings. The number of alkyl halides is 3. The van der Waals surface area contributed by atoms with Crippen molar-refractivity contribution in [2.24, 2.45) is 7.05 Å². The number of halogens is 3. The molecule has 1 amide bonds. The molecule has 7 nitrogen and oxygen atoms in total. The van der Waals surface area contributed by atoms with Gasteiger partial charge in [0, 0.05) is 25.7 Å². The van der Waals surface area contributed by atoms with Crippen LogP contribution in [-0.4, -0.2) is 37.5 Å². The highest BCUT2D eigenvalue weighted by molar-refractivity contribution is 5.77. The zero-order valence-corrected chi connectivity index (χ0v) is 15.9. The van der Waals surface area contributed by atoms with Crippen LogP contribution in [0.4, 0.5) is 13.2 Å². The topological polar surface area (TPSA) is 77.6 Å². The van der Waals surface area contributed by atoms with E-state index in [0.717, 1.165) is 30.7 Å². The summed E-state index contributed by atoms with van der Waals surface area (Å²) in [4.78, 5) is 16.2. The average molecular weight is 404 g/mol. The van der Waals surface area contributed by atoms with Gasteiger partial charge in [0.15, 0.2) is 11.6 Å². The summed E-state index contributed by atoms with van der Waals surface area (Å²) in [6.45, 7) is 0. The summed E-state index contributed by atoms with van der Waals surface area (Å²) in [5.74, 6) is 0.846. The normalized spacial score (nSPS) is 14.2. The van der Waals surface area contributed by atoms with Crippen molar-refractivity contribution in [2.75, 3.05) is 7.05 Å². The second kappa shape index (κ2) is 7.02. The number of aryl methyl sites for hydroxylation is 1. The van der Waals surface area contributed by atoms with Gasteiger partial charge in [-0.05, 0) is 43.2 Å². The highest BCUT2D eigenvalue weighted by Gasteiger charge is 2.31. The van der Waals surface area contributed by atoms with Gasteiger partial charge >= 0.3 is 6.18 Å². The van der Waals surface area contributed by atoms with E-state index in [1.807, 2.05) is 13.1 Å². The van der Waals surface area contributed by atoms with Gasteiger partial charge < -0.3 is 5.32 Å². The van der Waals surface area contributed by atoms with Crippen LogP contribution in [0.3, 0.4) is 0 Å². The van der Waals surface area contributed by atoms with Crippen molar-refractivity contribution >= 4 is 5.91 Å². The summed E-state index contributed by atoms with van der Waals surface area (Å²) in [6.07, 6.45) is -2.26. The molecule has 2 aromatic heterocycles. The first kappa shape index (κ1) is 19.2. The molecule has 0 unspecified atom stereocenters. The van der Waals surface area contributed by atoms with Crippen molar-refractivity contribution in [3.8, 4) is 17.2 Å². The number of amides is 1. The van der Waals surface area contributed by atoms with Gasteiger partial charge in [0.25, 0.3) is 0 Å². The van der Waals surface area contributed by atoms with Crippen molar-refractivity contribution < 1.29 is 18.0 Å². The number of hydrogen-bond acceptors (Lipinski definition) is 4. The van der Waals surface area contributed by atoms with E-state index in [1.165, 1.54) is 23.9 Å². The van der Waals surface area contributed by atoms with Crippen LogP contribution in [0.25, 0.3) is 17.2 Å². The number of carbonyl (C=O) groups excluding carboxylic acids is 1. The third-order valence-electron chi connectivity index (χ3n) is 4.83. The number of aromatic nitrogens is 5. The van der Waals surface area contributed by atoms with Crippen molar-refractivity contribution in [3.63, 3.8) is 0 Å². The molecule has 152 valence electrons. The van der Waals surface area contributed by atoms with E-state index >= 15 is 0 Å². The van der Waals surface area contributed by atoms with Crippen molar-refractivity contribution in [1.82, 2.24) is 29.9 Å².